The minimum atomic E-state index is 0.517. The Balaban J connectivity index is 1.90. The van der Waals surface area contributed by atoms with E-state index in [1.165, 1.54) is 24.6 Å². The number of hydrogen-bond acceptors (Lipinski definition) is 4. The third-order valence-electron chi connectivity index (χ3n) is 2.84. The maximum absolute atomic E-state index is 6.01. The predicted molar refractivity (Wildman–Crippen MR) is 68.2 cm³/mol. The van der Waals surface area contributed by atoms with Gasteiger partial charge >= 0.3 is 0 Å². The fraction of sp³-hybridized carbons (Fsp3) is 0.800. The summed E-state index contributed by atoms with van der Waals surface area (Å²) in [4.78, 5) is 2.48. The average Bonchev–Trinajstić information content (AvgIpc) is 2.69. The first-order valence-corrected chi connectivity index (χ1v) is 7.22. The van der Waals surface area contributed by atoms with Crippen LogP contribution in [0.3, 0.4) is 0 Å². The first-order valence-electron chi connectivity index (χ1n) is 5.69. The minimum absolute atomic E-state index is 0.517. The summed E-state index contributed by atoms with van der Waals surface area (Å²) < 4.78 is 2.02. The molecule has 1 fully saturated rings. The number of aromatic nitrogens is 3. The summed E-state index contributed by atoms with van der Waals surface area (Å²) in [6, 6.07) is 0. The van der Waals surface area contributed by atoms with Gasteiger partial charge in [0.2, 0.25) is 5.28 Å². The Morgan fingerprint density at radius 3 is 2.69 bits per heavy atom. The van der Waals surface area contributed by atoms with Crippen molar-refractivity contribution in [3.8, 4) is 0 Å². The summed E-state index contributed by atoms with van der Waals surface area (Å²) in [7, 11) is 0. The number of nitrogens with zero attached hydrogens (tertiary/aromatic N) is 4. The fourth-order valence-electron chi connectivity index (χ4n) is 1.86. The van der Waals surface area contributed by atoms with Crippen molar-refractivity contribution >= 4 is 23.4 Å². The molecule has 0 N–H and O–H groups in total. The topological polar surface area (TPSA) is 34.0 Å². The van der Waals surface area contributed by atoms with E-state index in [1.54, 1.807) is 0 Å². The molecule has 1 aromatic rings. The first kappa shape index (κ1) is 12.2. The van der Waals surface area contributed by atoms with Gasteiger partial charge in [-0.05, 0) is 11.6 Å². The number of thioether (sulfide) groups is 1. The van der Waals surface area contributed by atoms with Crippen molar-refractivity contribution in [2.45, 2.75) is 19.9 Å². The standard InChI is InChI=1S/C10H17ClN4S/c1-2-9-12-13-10(11)15(9)4-3-14-5-7-16-8-6-14/h2-8H2,1H3. The summed E-state index contributed by atoms with van der Waals surface area (Å²) in [5, 5.41) is 8.48. The summed E-state index contributed by atoms with van der Waals surface area (Å²) in [5.74, 6) is 3.48. The molecule has 0 aromatic carbocycles. The summed E-state index contributed by atoms with van der Waals surface area (Å²) in [5.41, 5.74) is 0. The molecule has 0 bridgehead atoms. The van der Waals surface area contributed by atoms with E-state index >= 15 is 0 Å². The van der Waals surface area contributed by atoms with Crippen LogP contribution in [0, 0.1) is 0 Å². The largest absolute Gasteiger partial charge is 0.300 e. The monoisotopic (exact) mass is 260 g/mol. The summed E-state index contributed by atoms with van der Waals surface area (Å²) >= 11 is 8.04. The molecule has 0 amide bonds. The van der Waals surface area contributed by atoms with Gasteiger partial charge in [-0.2, -0.15) is 11.8 Å². The number of halogens is 1. The normalized spacial score (nSPS) is 17.9. The van der Waals surface area contributed by atoms with Gasteiger partial charge in [0.1, 0.15) is 5.82 Å². The molecule has 16 heavy (non-hydrogen) atoms. The van der Waals surface area contributed by atoms with Crippen molar-refractivity contribution in [1.29, 1.82) is 0 Å². The van der Waals surface area contributed by atoms with Gasteiger partial charge in [-0.1, -0.05) is 6.92 Å². The van der Waals surface area contributed by atoms with Gasteiger partial charge in [0.25, 0.3) is 0 Å². The molecule has 6 heteroatoms. The Hall–Kier alpha value is -0.260. The van der Waals surface area contributed by atoms with Gasteiger partial charge in [0.05, 0.1) is 0 Å². The molecule has 1 aliphatic rings. The van der Waals surface area contributed by atoms with Crippen LogP contribution in [0.2, 0.25) is 5.28 Å². The van der Waals surface area contributed by atoms with Gasteiger partial charge in [-0.3, -0.25) is 4.90 Å². The zero-order valence-corrected chi connectivity index (χ0v) is 11.1. The molecule has 1 saturated heterocycles. The Morgan fingerprint density at radius 2 is 2.00 bits per heavy atom. The van der Waals surface area contributed by atoms with Gasteiger partial charge in [0, 0.05) is 44.1 Å². The zero-order valence-electron chi connectivity index (χ0n) is 9.52. The molecule has 90 valence electrons. The lowest BCUT2D eigenvalue weighted by Crippen LogP contribution is -2.35. The highest BCUT2D eigenvalue weighted by molar-refractivity contribution is 7.99. The van der Waals surface area contributed by atoms with E-state index in [0.29, 0.717) is 5.28 Å². The van der Waals surface area contributed by atoms with Crippen LogP contribution in [0.5, 0.6) is 0 Å². The van der Waals surface area contributed by atoms with Crippen molar-refractivity contribution in [2.24, 2.45) is 0 Å². The molecule has 0 spiro atoms. The molecule has 2 rings (SSSR count). The third-order valence-corrected chi connectivity index (χ3v) is 4.06. The van der Waals surface area contributed by atoms with Crippen LogP contribution in [-0.4, -0.2) is 50.8 Å². The van der Waals surface area contributed by atoms with Crippen molar-refractivity contribution in [2.75, 3.05) is 31.1 Å². The first-order chi connectivity index (χ1) is 7.81. The third kappa shape index (κ3) is 2.90. The molecule has 2 heterocycles. The van der Waals surface area contributed by atoms with Crippen LogP contribution < -0.4 is 0 Å². The van der Waals surface area contributed by atoms with Gasteiger partial charge in [0.15, 0.2) is 0 Å². The number of rotatable bonds is 4. The molecule has 0 unspecified atom stereocenters. The smallest absolute Gasteiger partial charge is 0.225 e. The van der Waals surface area contributed by atoms with Crippen LogP contribution in [0.1, 0.15) is 12.7 Å². The molecule has 0 atom stereocenters. The van der Waals surface area contributed by atoms with Crippen LogP contribution in [0.25, 0.3) is 0 Å². The Kier molecular flexibility index (Phi) is 4.49. The second-order valence-electron chi connectivity index (χ2n) is 3.84. The predicted octanol–water partition coefficient (Wildman–Crippen LogP) is 1.54. The highest BCUT2D eigenvalue weighted by Crippen LogP contribution is 2.12. The van der Waals surface area contributed by atoms with Crippen molar-refractivity contribution < 1.29 is 0 Å². The molecular formula is C10H17ClN4S. The molecule has 1 aromatic heterocycles. The fourth-order valence-corrected chi connectivity index (χ4v) is 3.06. The zero-order chi connectivity index (χ0) is 11.4. The average molecular weight is 261 g/mol. The number of hydrogen-bond donors (Lipinski definition) is 0. The molecule has 0 saturated carbocycles. The summed E-state index contributed by atoms with van der Waals surface area (Å²) in [6.07, 6.45) is 0.884. The van der Waals surface area contributed by atoms with Gasteiger partial charge < -0.3 is 4.57 Å². The molecule has 0 aliphatic carbocycles. The molecular weight excluding hydrogens is 244 g/mol. The maximum Gasteiger partial charge on any atom is 0.225 e. The Morgan fingerprint density at radius 1 is 1.25 bits per heavy atom. The highest BCUT2D eigenvalue weighted by Gasteiger charge is 2.13. The summed E-state index contributed by atoms with van der Waals surface area (Å²) in [6.45, 7) is 6.40. The Labute approximate surface area is 105 Å². The lowest BCUT2D eigenvalue weighted by atomic mass is 10.4. The van der Waals surface area contributed by atoms with Crippen molar-refractivity contribution in [3.63, 3.8) is 0 Å². The van der Waals surface area contributed by atoms with Crippen LogP contribution >= 0.6 is 23.4 Å². The van der Waals surface area contributed by atoms with E-state index in [2.05, 4.69) is 22.0 Å². The van der Waals surface area contributed by atoms with Crippen LogP contribution in [0.15, 0.2) is 0 Å². The lowest BCUT2D eigenvalue weighted by molar-refractivity contribution is 0.288. The molecule has 0 radical (unpaired) electrons. The van der Waals surface area contributed by atoms with E-state index in [4.69, 9.17) is 11.6 Å². The van der Waals surface area contributed by atoms with E-state index in [0.717, 1.165) is 25.3 Å². The lowest BCUT2D eigenvalue weighted by Gasteiger charge is -2.26. The SMILES string of the molecule is CCc1nnc(Cl)n1CCN1CCSCC1. The Bertz CT molecular complexity index is 336. The van der Waals surface area contributed by atoms with Crippen LogP contribution in [0.4, 0.5) is 0 Å². The quantitative estimate of drug-likeness (QED) is 0.823. The van der Waals surface area contributed by atoms with Crippen molar-refractivity contribution in [3.05, 3.63) is 11.1 Å². The van der Waals surface area contributed by atoms with E-state index in [9.17, 15) is 0 Å². The van der Waals surface area contributed by atoms with Gasteiger partial charge in [-0.15, -0.1) is 10.2 Å². The van der Waals surface area contributed by atoms with Crippen molar-refractivity contribution in [1.82, 2.24) is 19.7 Å². The second-order valence-corrected chi connectivity index (χ2v) is 5.41. The second kappa shape index (κ2) is 5.89. The molecule has 1 aliphatic heterocycles. The van der Waals surface area contributed by atoms with E-state index in [1.807, 2.05) is 16.3 Å². The van der Waals surface area contributed by atoms with E-state index in [-0.39, 0.29) is 0 Å². The minimum Gasteiger partial charge on any atom is -0.300 e. The molecule has 4 nitrogen and oxygen atoms in total. The van der Waals surface area contributed by atoms with Crippen LogP contribution in [-0.2, 0) is 13.0 Å². The van der Waals surface area contributed by atoms with E-state index < -0.39 is 0 Å². The maximum atomic E-state index is 6.01. The van der Waals surface area contributed by atoms with Gasteiger partial charge in [-0.25, -0.2) is 0 Å². The highest BCUT2D eigenvalue weighted by atomic mass is 35.5. The number of aryl methyl sites for hydroxylation is 1.